The summed E-state index contributed by atoms with van der Waals surface area (Å²) >= 11 is 6.03. The standard InChI is InChI=1S/C16H22ClNO/c1-16(2,13-8-5-9-14(17)10-13)11-18-15(19)12-6-3-4-7-12/h5,8-10,12H,3-4,6-7,11H2,1-2H3,(H,18,19). The fourth-order valence-electron chi connectivity index (χ4n) is 2.65. The molecule has 1 aromatic carbocycles. The first kappa shape index (κ1) is 14.4. The molecule has 0 heterocycles. The average molecular weight is 280 g/mol. The van der Waals surface area contributed by atoms with Crippen molar-refractivity contribution >= 4 is 17.5 Å². The van der Waals surface area contributed by atoms with Gasteiger partial charge in [0.15, 0.2) is 0 Å². The number of amides is 1. The highest BCUT2D eigenvalue weighted by Crippen LogP contribution is 2.27. The Hall–Kier alpha value is -1.02. The second-order valence-electron chi connectivity index (χ2n) is 6.09. The summed E-state index contributed by atoms with van der Waals surface area (Å²) in [6, 6.07) is 7.87. The Balaban J connectivity index is 1.95. The topological polar surface area (TPSA) is 29.1 Å². The van der Waals surface area contributed by atoms with Gasteiger partial charge in [0.05, 0.1) is 0 Å². The van der Waals surface area contributed by atoms with Crippen molar-refractivity contribution in [2.75, 3.05) is 6.54 Å². The van der Waals surface area contributed by atoms with Crippen LogP contribution in [0.15, 0.2) is 24.3 Å². The van der Waals surface area contributed by atoms with Gasteiger partial charge in [-0.3, -0.25) is 4.79 Å². The average Bonchev–Trinajstić information content (AvgIpc) is 2.90. The molecule has 0 bridgehead atoms. The lowest BCUT2D eigenvalue weighted by Gasteiger charge is -2.26. The van der Waals surface area contributed by atoms with Gasteiger partial charge in [0.25, 0.3) is 0 Å². The maximum Gasteiger partial charge on any atom is 0.223 e. The number of rotatable bonds is 4. The van der Waals surface area contributed by atoms with Gasteiger partial charge >= 0.3 is 0 Å². The van der Waals surface area contributed by atoms with Crippen LogP contribution in [0.4, 0.5) is 0 Å². The minimum Gasteiger partial charge on any atom is -0.355 e. The molecule has 0 spiro atoms. The smallest absolute Gasteiger partial charge is 0.223 e. The summed E-state index contributed by atoms with van der Waals surface area (Å²) in [5.41, 5.74) is 1.06. The van der Waals surface area contributed by atoms with Crippen LogP contribution in [-0.4, -0.2) is 12.5 Å². The molecule has 0 aromatic heterocycles. The molecule has 0 atom stereocenters. The summed E-state index contributed by atoms with van der Waals surface area (Å²) in [5.74, 6) is 0.447. The van der Waals surface area contributed by atoms with Crippen LogP contribution in [0, 0.1) is 5.92 Å². The van der Waals surface area contributed by atoms with Gasteiger partial charge in [0.2, 0.25) is 5.91 Å². The molecular weight excluding hydrogens is 258 g/mol. The third-order valence-electron chi connectivity index (χ3n) is 4.04. The second kappa shape index (κ2) is 5.96. The number of carbonyl (C=O) groups excluding carboxylic acids is 1. The fraction of sp³-hybridized carbons (Fsp3) is 0.562. The van der Waals surface area contributed by atoms with Crippen molar-refractivity contribution < 1.29 is 4.79 Å². The number of hydrogen-bond acceptors (Lipinski definition) is 1. The van der Waals surface area contributed by atoms with Gasteiger partial charge in [-0.2, -0.15) is 0 Å². The van der Waals surface area contributed by atoms with Gasteiger partial charge in [0.1, 0.15) is 0 Å². The zero-order valence-corrected chi connectivity index (χ0v) is 12.5. The zero-order valence-electron chi connectivity index (χ0n) is 11.7. The minimum atomic E-state index is -0.0981. The van der Waals surface area contributed by atoms with E-state index in [0.29, 0.717) is 6.54 Å². The lowest BCUT2D eigenvalue weighted by molar-refractivity contribution is -0.125. The first-order chi connectivity index (χ1) is 8.99. The Morgan fingerprint density at radius 1 is 1.37 bits per heavy atom. The molecule has 0 aliphatic heterocycles. The van der Waals surface area contributed by atoms with Gasteiger partial charge in [-0.1, -0.05) is 50.4 Å². The Labute approximate surface area is 120 Å². The van der Waals surface area contributed by atoms with Crippen molar-refractivity contribution in [1.82, 2.24) is 5.32 Å². The quantitative estimate of drug-likeness (QED) is 0.889. The van der Waals surface area contributed by atoms with Crippen molar-refractivity contribution in [3.63, 3.8) is 0 Å². The summed E-state index contributed by atoms with van der Waals surface area (Å²) < 4.78 is 0. The van der Waals surface area contributed by atoms with Crippen LogP contribution in [0.1, 0.15) is 45.1 Å². The van der Waals surface area contributed by atoms with Crippen LogP contribution in [0.5, 0.6) is 0 Å². The molecule has 3 heteroatoms. The molecule has 2 rings (SSSR count). The Morgan fingerprint density at radius 2 is 2.05 bits per heavy atom. The van der Waals surface area contributed by atoms with Crippen molar-refractivity contribution in [3.8, 4) is 0 Å². The summed E-state index contributed by atoms with van der Waals surface area (Å²) in [6.45, 7) is 4.92. The summed E-state index contributed by atoms with van der Waals surface area (Å²) in [7, 11) is 0. The first-order valence-electron chi connectivity index (χ1n) is 7.03. The van der Waals surface area contributed by atoms with Crippen molar-refractivity contribution in [1.29, 1.82) is 0 Å². The van der Waals surface area contributed by atoms with Gasteiger partial charge < -0.3 is 5.32 Å². The molecule has 1 amide bonds. The first-order valence-corrected chi connectivity index (χ1v) is 7.40. The molecular formula is C16H22ClNO. The highest BCUT2D eigenvalue weighted by molar-refractivity contribution is 6.30. The van der Waals surface area contributed by atoms with Gasteiger partial charge in [-0.15, -0.1) is 0 Å². The highest BCUT2D eigenvalue weighted by atomic mass is 35.5. The Bertz CT molecular complexity index is 450. The van der Waals surface area contributed by atoms with Crippen LogP contribution in [0.25, 0.3) is 0 Å². The molecule has 1 aliphatic rings. The van der Waals surface area contributed by atoms with E-state index in [2.05, 4.69) is 25.2 Å². The predicted octanol–water partition coefficient (Wildman–Crippen LogP) is 3.92. The highest BCUT2D eigenvalue weighted by Gasteiger charge is 2.26. The van der Waals surface area contributed by atoms with E-state index in [0.717, 1.165) is 23.4 Å². The number of nitrogens with one attached hydrogen (secondary N) is 1. The summed E-state index contributed by atoms with van der Waals surface area (Å²) in [6.07, 6.45) is 4.47. The van der Waals surface area contributed by atoms with Crippen LogP contribution in [0.3, 0.4) is 0 Å². The maximum atomic E-state index is 12.1. The van der Waals surface area contributed by atoms with E-state index in [1.807, 2.05) is 18.2 Å². The van der Waals surface area contributed by atoms with Gasteiger partial charge in [0, 0.05) is 22.9 Å². The molecule has 1 aromatic rings. The van der Waals surface area contributed by atoms with E-state index >= 15 is 0 Å². The maximum absolute atomic E-state index is 12.1. The SMILES string of the molecule is CC(C)(CNC(=O)C1CCCC1)c1cccc(Cl)c1. The van der Waals surface area contributed by atoms with Gasteiger partial charge in [-0.25, -0.2) is 0 Å². The molecule has 1 aliphatic carbocycles. The summed E-state index contributed by atoms with van der Waals surface area (Å²) in [5, 5.41) is 3.84. The lowest BCUT2D eigenvalue weighted by Crippen LogP contribution is -2.39. The summed E-state index contributed by atoms with van der Waals surface area (Å²) in [4.78, 5) is 12.1. The molecule has 0 unspecified atom stereocenters. The molecule has 2 nitrogen and oxygen atoms in total. The van der Waals surface area contributed by atoms with Crippen LogP contribution in [0.2, 0.25) is 5.02 Å². The minimum absolute atomic E-state index is 0.0981. The number of halogens is 1. The zero-order chi connectivity index (χ0) is 13.9. The monoisotopic (exact) mass is 279 g/mol. The molecule has 0 radical (unpaired) electrons. The van der Waals surface area contributed by atoms with E-state index in [9.17, 15) is 4.79 Å². The Morgan fingerprint density at radius 3 is 2.68 bits per heavy atom. The number of hydrogen-bond donors (Lipinski definition) is 1. The lowest BCUT2D eigenvalue weighted by atomic mass is 9.84. The van der Waals surface area contributed by atoms with Crippen molar-refractivity contribution in [2.24, 2.45) is 5.92 Å². The number of carbonyl (C=O) groups is 1. The van der Waals surface area contributed by atoms with Crippen LogP contribution in [-0.2, 0) is 10.2 Å². The van der Waals surface area contributed by atoms with Crippen molar-refractivity contribution in [3.05, 3.63) is 34.9 Å². The Kier molecular flexibility index (Phi) is 4.51. The molecule has 0 saturated heterocycles. The van der Waals surface area contributed by atoms with Crippen LogP contribution < -0.4 is 5.32 Å². The molecule has 104 valence electrons. The number of benzene rings is 1. The normalized spacial score (nSPS) is 16.6. The van der Waals surface area contributed by atoms with E-state index in [1.54, 1.807) is 0 Å². The third-order valence-corrected chi connectivity index (χ3v) is 4.27. The molecule has 19 heavy (non-hydrogen) atoms. The predicted molar refractivity (Wildman–Crippen MR) is 79.4 cm³/mol. The van der Waals surface area contributed by atoms with E-state index in [1.165, 1.54) is 12.8 Å². The molecule has 1 fully saturated rings. The third kappa shape index (κ3) is 3.73. The van der Waals surface area contributed by atoms with Gasteiger partial charge in [-0.05, 0) is 30.5 Å². The fourth-order valence-corrected chi connectivity index (χ4v) is 2.84. The molecule has 1 N–H and O–H groups in total. The van der Waals surface area contributed by atoms with E-state index in [4.69, 9.17) is 11.6 Å². The van der Waals surface area contributed by atoms with Crippen molar-refractivity contribution in [2.45, 2.75) is 44.9 Å². The van der Waals surface area contributed by atoms with Crippen LogP contribution >= 0.6 is 11.6 Å². The molecule has 1 saturated carbocycles. The van der Waals surface area contributed by atoms with E-state index in [-0.39, 0.29) is 17.2 Å². The van der Waals surface area contributed by atoms with E-state index < -0.39 is 0 Å². The largest absolute Gasteiger partial charge is 0.355 e. The second-order valence-corrected chi connectivity index (χ2v) is 6.53.